The normalized spacial score (nSPS) is 16.8. The van der Waals surface area contributed by atoms with Gasteiger partial charge in [-0.15, -0.1) is 0 Å². The van der Waals surface area contributed by atoms with E-state index in [1.807, 2.05) is 27.7 Å². The van der Waals surface area contributed by atoms with Gasteiger partial charge in [0.25, 0.3) is 0 Å². The number of nitrogens with two attached hydrogens (primary N) is 1. The molecule has 0 atom stereocenters. The van der Waals surface area contributed by atoms with Crippen LogP contribution in [0.1, 0.15) is 34.1 Å². The third kappa shape index (κ3) is 8.76. The van der Waals surface area contributed by atoms with Crippen LogP contribution in [-0.2, 0) is 4.74 Å². The molecule has 1 aliphatic rings. The van der Waals surface area contributed by atoms with E-state index in [1.165, 1.54) is 0 Å². The molecule has 0 unspecified atom stereocenters. The van der Waals surface area contributed by atoms with E-state index < -0.39 is 5.60 Å². The second kappa shape index (κ2) is 9.52. The van der Waals surface area contributed by atoms with Crippen LogP contribution in [0.3, 0.4) is 0 Å². The zero-order valence-electron chi connectivity index (χ0n) is 15.6. The van der Waals surface area contributed by atoms with Crippen LogP contribution in [0.25, 0.3) is 0 Å². The fourth-order valence-corrected chi connectivity index (χ4v) is 2.28. The van der Waals surface area contributed by atoms with Gasteiger partial charge in [-0.1, -0.05) is 12.2 Å². The number of piperazine rings is 1. The summed E-state index contributed by atoms with van der Waals surface area (Å²) >= 11 is 0. The average Bonchev–Trinajstić information content (AvgIpc) is 2.48. The van der Waals surface area contributed by atoms with E-state index in [-0.39, 0.29) is 6.09 Å². The van der Waals surface area contributed by atoms with Gasteiger partial charge in [-0.25, -0.2) is 9.79 Å². The minimum Gasteiger partial charge on any atom is -0.444 e. The molecule has 7 nitrogen and oxygen atoms in total. The molecule has 24 heavy (non-hydrogen) atoms. The van der Waals surface area contributed by atoms with Crippen LogP contribution in [0, 0.1) is 0 Å². The number of nitrogens with zero attached hydrogens (tertiary/aromatic N) is 3. The Morgan fingerprint density at radius 3 is 2.46 bits per heavy atom. The molecule has 1 amide bonds. The number of nitrogens with one attached hydrogen (secondary N) is 1. The largest absolute Gasteiger partial charge is 0.444 e. The molecule has 0 radical (unpaired) electrons. The first kappa shape index (κ1) is 20.3. The second-order valence-electron chi connectivity index (χ2n) is 7.25. The van der Waals surface area contributed by atoms with Crippen LogP contribution in [0.2, 0.25) is 0 Å². The first-order chi connectivity index (χ1) is 11.2. The highest BCUT2D eigenvalue weighted by Crippen LogP contribution is 2.11. The van der Waals surface area contributed by atoms with Gasteiger partial charge in [0.05, 0.1) is 6.54 Å². The average molecular weight is 339 g/mol. The predicted molar refractivity (Wildman–Crippen MR) is 98.2 cm³/mol. The van der Waals surface area contributed by atoms with Gasteiger partial charge in [-0.05, 0) is 40.7 Å². The van der Waals surface area contributed by atoms with Crippen molar-refractivity contribution in [3.8, 4) is 0 Å². The quantitative estimate of drug-likeness (QED) is 0.331. The van der Waals surface area contributed by atoms with Crippen molar-refractivity contribution >= 4 is 12.1 Å². The molecule has 0 bridgehead atoms. The second-order valence-corrected chi connectivity index (χ2v) is 7.25. The standard InChI is InChI=1S/C17H33N5O2/c1-14(2)13-20-15(18)19-7-6-8-21-9-11-22(12-10-21)16(23)24-17(3,4)5/h1,6-13H2,2-5H3,(H3,18,19,20). The Morgan fingerprint density at radius 2 is 1.92 bits per heavy atom. The number of rotatable bonds is 6. The van der Waals surface area contributed by atoms with Gasteiger partial charge in [0.15, 0.2) is 5.96 Å². The van der Waals surface area contributed by atoms with Crippen molar-refractivity contribution in [3.05, 3.63) is 12.2 Å². The molecule has 7 heteroatoms. The maximum atomic E-state index is 12.0. The smallest absolute Gasteiger partial charge is 0.410 e. The molecule has 0 saturated carbocycles. The number of carbonyl (C=O) groups excluding carboxylic acids is 1. The molecule has 138 valence electrons. The summed E-state index contributed by atoms with van der Waals surface area (Å²) in [6.07, 6.45) is 0.765. The summed E-state index contributed by atoms with van der Waals surface area (Å²) in [5, 5.41) is 3.11. The number of hydrogen-bond acceptors (Lipinski definition) is 4. The molecule has 1 aliphatic heterocycles. The van der Waals surface area contributed by atoms with Gasteiger partial charge < -0.3 is 20.7 Å². The Hall–Kier alpha value is -1.76. The highest BCUT2D eigenvalue weighted by molar-refractivity contribution is 5.77. The van der Waals surface area contributed by atoms with Crippen molar-refractivity contribution in [1.29, 1.82) is 0 Å². The van der Waals surface area contributed by atoms with E-state index in [2.05, 4.69) is 21.8 Å². The zero-order chi connectivity index (χ0) is 18.2. The number of amides is 1. The molecular weight excluding hydrogens is 306 g/mol. The Labute approximate surface area is 145 Å². The Bertz CT molecular complexity index is 448. The maximum absolute atomic E-state index is 12.0. The van der Waals surface area contributed by atoms with Crippen LogP contribution in [0.15, 0.2) is 17.1 Å². The Kier molecular flexibility index (Phi) is 8.04. The van der Waals surface area contributed by atoms with Gasteiger partial charge in [0.2, 0.25) is 0 Å². The summed E-state index contributed by atoms with van der Waals surface area (Å²) in [5.74, 6) is 0.466. The first-order valence-corrected chi connectivity index (χ1v) is 8.56. The third-order valence-electron chi connectivity index (χ3n) is 3.50. The Morgan fingerprint density at radius 1 is 1.29 bits per heavy atom. The molecule has 3 N–H and O–H groups in total. The summed E-state index contributed by atoms with van der Waals surface area (Å²) in [6, 6.07) is 0. The summed E-state index contributed by atoms with van der Waals surface area (Å²) in [5.41, 5.74) is 6.32. The van der Waals surface area contributed by atoms with E-state index >= 15 is 0 Å². The van der Waals surface area contributed by atoms with Crippen molar-refractivity contribution in [3.63, 3.8) is 0 Å². The fourth-order valence-electron chi connectivity index (χ4n) is 2.28. The molecule has 1 rings (SSSR count). The molecule has 1 saturated heterocycles. The lowest BCUT2D eigenvalue weighted by molar-refractivity contribution is 0.0145. The summed E-state index contributed by atoms with van der Waals surface area (Å²) in [7, 11) is 0. The zero-order valence-corrected chi connectivity index (χ0v) is 15.6. The molecule has 1 heterocycles. The molecule has 0 spiro atoms. The van der Waals surface area contributed by atoms with Crippen LogP contribution in [0.4, 0.5) is 4.79 Å². The number of aliphatic imine (C=N–C) groups is 1. The van der Waals surface area contributed by atoms with Gasteiger partial charge in [0, 0.05) is 32.7 Å². The Balaban J connectivity index is 2.17. The molecule has 1 fully saturated rings. The first-order valence-electron chi connectivity index (χ1n) is 8.56. The topological polar surface area (TPSA) is 83.2 Å². The summed E-state index contributed by atoms with van der Waals surface area (Å²) < 4.78 is 5.40. The molecule has 0 aliphatic carbocycles. The lowest BCUT2D eigenvalue weighted by Gasteiger charge is -2.35. The third-order valence-corrected chi connectivity index (χ3v) is 3.50. The molecular formula is C17H33N5O2. The lowest BCUT2D eigenvalue weighted by Crippen LogP contribution is -2.50. The number of guanidine groups is 1. The van der Waals surface area contributed by atoms with E-state index in [4.69, 9.17) is 10.5 Å². The van der Waals surface area contributed by atoms with E-state index in [1.54, 1.807) is 4.90 Å². The van der Waals surface area contributed by atoms with Gasteiger partial charge in [-0.3, -0.25) is 4.90 Å². The number of ether oxygens (including phenoxy) is 1. The van der Waals surface area contributed by atoms with Crippen LogP contribution in [-0.4, -0.2) is 73.3 Å². The summed E-state index contributed by atoms with van der Waals surface area (Å²) in [6.45, 7) is 16.9. The van der Waals surface area contributed by atoms with Gasteiger partial charge >= 0.3 is 6.09 Å². The maximum Gasteiger partial charge on any atom is 0.410 e. The fraction of sp³-hybridized carbons (Fsp3) is 0.765. The van der Waals surface area contributed by atoms with Crippen molar-refractivity contribution in [1.82, 2.24) is 15.1 Å². The molecule has 0 aromatic rings. The van der Waals surface area contributed by atoms with Crippen LogP contribution < -0.4 is 11.1 Å². The molecule has 0 aromatic carbocycles. The van der Waals surface area contributed by atoms with E-state index in [0.717, 1.165) is 38.2 Å². The minimum absolute atomic E-state index is 0.217. The highest BCUT2D eigenvalue weighted by atomic mass is 16.6. The van der Waals surface area contributed by atoms with E-state index in [9.17, 15) is 4.79 Å². The number of carbonyl (C=O) groups is 1. The van der Waals surface area contributed by atoms with Crippen LogP contribution in [0.5, 0.6) is 0 Å². The van der Waals surface area contributed by atoms with Crippen molar-refractivity contribution in [2.24, 2.45) is 10.7 Å². The van der Waals surface area contributed by atoms with Gasteiger partial charge in [-0.2, -0.15) is 0 Å². The van der Waals surface area contributed by atoms with Crippen molar-refractivity contribution in [2.75, 3.05) is 45.8 Å². The minimum atomic E-state index is -0.439. The predicted octanol–water partition coefficient (Wildman–Crippen LogP) is 1.41. The van der Waals surface area contributed by atoms with Crippen molar-refractivity contribution in [2.45, 2.75) is 39.7 Å². The highest BCUT2D eigenvalue weighted by Gasteiger charge is 2.25. The number of hydrogen-bond donors (Lipinski definition) is 2. The summed E-state index contributed by atoms with van der Waals surface area (Å²) in [4.78, 5) is 20.3. The molecule has 0 aromatic heterocycles. The lowest BCUT2D eigenvalue weighted by atomic mass is 10.2. The van der Waals surface area contributed by atoms with Crippen molar-refractivity contribution < 1.29 is 9.53 Å². The van der Waals surface area contributed by atoms with E-state index in [0.29, 0.717) is 25.6 Å². The van der Waals surface area contributed by atoms with Crippen LogP contribution >= 0.6 is 0 Å². The van der Waals surface area contributed by atoms with Gasteiger partial charge in [0.1, 0.15) is 5.60 Å². The monoisotopic (exact) mass is 339 g/mol. The SMILES string of the molecule is C=C(C)CN=C(N)NCCCN1CCN(C(=O)OC(C)(C)C)CC1.